The zero-order chi connectivity index (χ0) is 44.7. The van der Waals surface area contributed by atoms with Crippen LogP contribution in [-0.4, -0.2) is 130 Å². The molecule has 0 rings (SSSR count). The molecular weight excluding hydrogens is 766 g/mol. The Labute approximate surface area is 337 Å². The van der Waals surface area contributed by atoms with Crippen LogP contribution in [0.4, 0.5) is 0 Å². The standard InChI is InChI=1S/C36H63N9O13/c1-18(2)15-22(38)31(52)42-25(11-13-29(49)50)34(55)43-23(9-7-8-14-37)33(54)41-20(5)30(51)45-26(16-19(3)4)35(56)44-24(10-12-28(47)48)32(53)39-17-27(46)40-21(6)36(57)58/h18-26H,7-17,37-38H2,1-6H3,(H,39,53)(H,40,46)(H,41,54)(H,42,52)(H,43,55)(H,44,56)(H,45,51)(H,47,48)(H,49,50)(H,57,58). The molecule has 0 saturated heterocycles. The molecule has 0 spiro atoms. The Morgan fingerprint density at radius 3 is 1.43 bits per heavy atom. The third kappa shape index (κ3) is 22.4. The van der Waals surface area contributed by atoms with Crippen LogP contribution in [0, 0.1) is 11.8 Å². The highest BCUT2D eigenvalue weighted by atomic mass is 16.4. The number of carboxylic acid groups (broad SMARTS) is 3. The topological polar surface area (TPSA) is 368 Å². The highest BCUT2D eigenvalue weighted by Crippen LogP contribution is 2.10. The van der Waals surface area contributed by atoms with Crippen LogP contribution in [-0.2, 0) is 47.9 Å². The van der Waals surface area contributed by atoms with Gasteiger partial charge in [-0.15, -0.1) is 0 Å². The Morgan fingerprint density at radius 1 is 0.500 bits per heavy atom. The van der Waals surface area contributed by atoms with E-state index in [4.69, 9.17) is 16.6 Å². The molecule has 0 heterocycles. The van der Waals surface area contributed by atoms with E-state index in [1.165, 1.54) is 13.8 Å². The highest BCUT2D eigenvalue weighted by molar-refractivity contribution is 5.97. The minimum absolute atomic E-state index is 0.0308. The summed E-state index contributed by atoms with van der Waals surface area (Å²) in [6.07, 6.45) is -0.563. The number of nitrogens with one attached hydrogen (secondary N) is 7. The van der Waals surface area contributed by atoms with E-state index in [0.717, 1.165) is 0 Å². The molecular formula is C36H63N9O13. The van der Waals surface area contributed by atoms with E-state index in [2.05, 4.69) is 37.2 Å². The molecule has 0 aliphatic heterocycles. The maximum atomic E-state index is 13.5. The second kappa shape index (κ2) is 27.3. The first kappa shape index (κ1) is 52.6. The number of hydrogen-bond donors (Lipinski definition) is 12. The van der Waals surface area contributed by atoms with Gasteiger partial charge in [0.05, 0.1) is 12.6 Å². The number of aliphatic carboxylic acids is 3. The van der Waals surface area contributed by atoms with Crippen molar-refractivity contribution in [1.29, 1.82) is 0 Å². The van der Waals surface area contributed by atoms with E-state index in [1.807, 2.05) is 13.8 Å². The summed E-state index contributed by atoms with van der Waals surface area (Å²) in [5, 5.41) is 44.1. The van der Waals surface area contributed by atoms with Gasteiger partial charge in [-0.25, -0.2) is 0 Å². The number of carbonyl (C=O) groups is 10. The largest absolute Gasteiger partial charge is 0.481 e. The predicted octanol–water partition coefficient (Wildman–Crippen LogP) is -2.59. The zero-order valence-corrected chi connectivity index (χ0v) is 34.1. The van der Waals surface area contributed by atoms with Gasteiger partial charge in [-0.05, 0) is 77.2 Å². The summed E-state index contributed by atoms with van der Waals surface area (Å²) < 4.78 is 0. The number of carbonyl (C=O) groups excluding carboxylic acids is 7. The van der Waals surface area contributed by atoms with Gasteiger partial charge in [-0.2, -0.15) is 0 Å². The van der Waals surface area contributed by atoms with E-state index >= 15 is 0 Å². The van der Waals surface area contributed by atoms with Gasteiger partial charge in [0.25, 0.3) is 0 Å². The Hall–Kier alpha value is -5.38. The molecule has 0 aromatic carbocycles. The summed E-state index contributed by atoms with van der Waals surface area (Å²) in [5.74, 6) is -9.90. The fourth-order valence-corrected chi connectivity index (χ4v) is 5.30. The van der Waals surface area contributed by atoms with Crippen LogP contribution in [0.1, 0.15) is 99.3 Å². The summed E-state index contributed by atoms with van der Waals surface area (Å²) in [7, 11) is 0. The Balaban J connectivity index is 6.01. The monoisotopic (exact) mass is 829 g/mol. The average molecular weight is 830 g/mol. The van der Waals surface area contributed by atoms with Crippen LogP contribution in [0.3, 0.4) is 0 Å². The van der Waals surface area contributed by atoms with Crippen LogP contribution in [0.15, 0.2) is 0 Å². The molecule has 7 atom stereocenters. The van der Waals surface area contributed by atoms with Gasteiger partial charge in [-0.1, -0.05) is 27.7 Å². The molecule has 0 radical (unpaired) electrons. The van der Waals surface area contributed by atoms with Crippen molar-refractivity contribution in [2.24, 2.45) is 23.3 Å². The summed E-state index contributed by atoms with van der Waals surface area (Å²) in [6.45, 7) is 9.25. The fraction of sp³-hybridized carbons (Fsp3) is 0.722. The number of rotatable bonds is 29. The van der Waals surface area contributed by atoms with Crippen molar-refractivity contribution in [2.45, 2.75) is 142 Å². The Kier molecular flexibility index (Phi) is 24.8. The first-order valence-electron chi connectivity index (χ1n) is 19.2. The molecule has 0 fully saturated rings. The van der Waals surface area contributed by atoms with Crippen LogP contribution < -0.4 is 48.7 Å². The first-order chi connectivity index (χ1) is 27.0. The van der Waals surface area contributed by atoms with Crippen molar-refractivity contribution in [3.8, 4) is 0 Å². The lowest BCUT2D eigenvalue weighted by molar-refractivity contribution is -0.141. The van der Waals surface area contributed by atoms with Crippen LogP contribution in [0.5, 0.6) is 0 Å². The summed E-state index contributed by atoms with van der Waals surface area (Å²) in [4.78, 5) is 125. The summed E-state index contributed by atoms with van der Waals surface area (Å²) in [5.41, 5.74) is 11.6. The van der Waals surface area contributed by atoms with Gasteiger partial charge in [0.1, 0.15) is 36.3 Å². The van der Waals surface area contributed by atoms with Gasteiger partial charge < -0.3 is 64.0 Å². The lowest BCUT2D eigenvalue weighted by Gasteiger charge is -2.27. The third-order valence-corrected chi connectivity index (χ3v) is 8.46. The molecule has 7 amide bonds. The average Bonchev–Trinajstić information content (AvgIpc) is 3.12. The lowest BCUT2D eigenvalue weighted by atomic mass is 10.0. The van der Waals surface area contributed by atoms with Gasteiger partial charge in [-0.3, -0.25) is 47.9 Å². The molecule has 7 unspecified atom stereocenters. The second-order valence-electron chi connectivity index (χ2n) is 14.8. The van der Waals surface area contributed by atoms with Gasteiger partial charge >= 0.3 is 17.9 Å². The fourth-order valence-electron chi connectivity index (χ4n) is 5.30. The molecule has 0 aliphatic rings. The zero-order valence-electron chi connectivity index (χ0n) is 34.1. The molecule has 0 aliphatic carbocycles. The number of carboxylic acids is 3. The normalized spacial score (nSPS) is 14.7. The quantitative estimate of drug-likeness (QED) is 0.0344. The van der Waals surface area contributed by atoms with Crippen molar-refractivity contribution < 1.29 is 63.3 Å². The van der Waals surface area contributed by atoms with Gasteiger partial charge in [0, 0.05) is 12.8 Å². The SMILES string of the molecule is CC(C)CC(N)C(=O)NC(CCC(=O)O)C(=O)NC(CCCCN)C(=O)NC(C)C(=O)NC(CC(C)C)C(=O)NC(CCC(=O)O)C(=O)NCC(=O)NC(C)C(=O)O. The summed E-state index contributed by atoms with van der Waals surface area (Å²) in [6, 6.07) is -8.95. The van der Waals surface area contributed by atoms with Gasteiger partial charge in [0.15, 0.2) is 0 Å². The van der Waals surface area contributed by atoms with E-state index in [9.17, 15) is 58.2 Å². The van der Waals surface area contributed by atoms with Crippen molar-refractivity contribution in [3.05, 3.63) is 0 Å². The summed E-state index contributed by atoms with van der Waals surface area (Å²) >= 11 is 0. The number of amides is 7. The minimum Gasteiger partial charge on any atom is -0.481 e. The third-order valence-electron chi connectivity index (χ3n) is 8.46. The van der Waals surface area contributed by atoms with E-state index < -0.39 is 127 Å². The van der Waals surface area contributed by atoms with Crippen molar-refractivity contribution in [1.82, 2.24) is 37.2 Å². The van der Waals surface area contributed by atoms with E-state index in [-0.39, 0.29) is 37.6 Å². The van der Waals surface area contributed by atoms with E-state index in [0.29, 0.717) is 19.3 Å². The molecule has 0 saturated carbocycles. The first-order valence-corrected chi connectivity index (χ1v) is 19.2. The Bertz CT molecular complexity index is 1440. The van der Waals surface area contributed by atoms with Crippen molar-refractivity contribution in [2.75, 3.05) is 13.1 Å². The minimum atomic E-state index is -1.48. The number of unbranched alkanes of at least 4 members (excludes halogenated alkanes) is 1. The molecule has 22 heteroatoms. The van der Waals surface area contributed by atoms with Crippen molar-refractivity contribution >= 4 is 59.3 Å². The van der Waals surface area contributed by atoms with Gasteiger partial charge in [0.2, 0.25) is 41.4 Å². The molecule has 0 aromatic heterocycles. The Morgan fingerprint density at radius 2 is 0.948 bits per heavy atom. The maximum absolute atomic E-state index is 13.5. The van der Waals surface area contributed by atoms with E-state index in [1.54, 1.807) is 13.8 Å². The smallest absolute Gasteiger partial charge is 0.325 e. The molecule has 22 nitrogen and oxygen atoms in total. The second-order valence-corrected chi connectivity index (χ2v) is 14.8. The molecule has 0 bridgehead atoms. The molecule has 58 heavy (non-hydrogen) atoms. The predicted molar refractivity (Wildman–Crippen MR) is 207 cm³/mol. The number of hydrogen-bond acceptors (Lipinski definition) is 12. The van der Waals surface area contributed by atoms with Crippen molar-refractivity contribution in [3.63, 3.8) is 0 Å². The maximum Gasteiger partial charge on any atom is 0.325 e. The molecule has 0 aromatic rings. The molecule has 330 valence electrons. The molecule has 14 N–H and O–H groups in total. The van der Waals surface area contributed by atoms with Crippen LogP contribution >= 0.6 is 0 Å². The number of nitrogens with two attached hydrogens (primary N) is 2. The van der Waals surface area contributed by atoms with Crippen LogP contribution in [0.25, 0.3) is 0 Å². The highest BCUT2D eigenvalue weighted by Gasteiger charge is 2.32. The lowest BCUT2D eigenvalue weighted by Crippen LogP contribution is -2.59. The van der Waals surface area contributed by atoms with Crippen LogP contribution in [0.2, 0.25) is 0 Å².